The molecule has 2 aromatic rings. The Kier molecular flexibility index (Phi) is 3.86. The molecule has 1 saturated heterocycles. The summed E-state index contributed by atoms with van der Waals surface area (Å²) in [6.07, 6.45) is 0.192. The van der Waals surface area contributed by atoms with Crippen molar-refractivity contribution in [1.29, 1.82) is 0 Å². The number of benzene rings is 2. The van der Waals surface area contributed by atoms with Crippen LogP contribution in [-0.2, 0) is 4.74 Å². The van der Waals surface area contributed by atoms with E-state index in [-0.39, 0.29) is 6.10 Å². The van der Waals surface area contributed by atoms with Gasteiger partial charge in [-0.2, -0.15) is 0 Å². The lowest BCUT2D eigenvalue weighted by Gasteiger charge is -2.24. The van der Waals surface area contributed by atoms with Crippen LogP contribution in [0.15, 0.2) is 42.5 Å². The topological polar surface area (TPSA) is 21.3 Å². The first-order valence-electron chi connectivity index (χ1n) is 7.24. The van der Waals surface area contributed by atoms with Crippen molar-refractivity contribution in [3.8, 4) is 11.1 Å². The second-order valence-electron chi connectivity index (χ2n) is 5.48. The summed E-state index contributed by atoms with van der Waals surface area (Å²) in [6, 6.07) is 15.4. The average molecular weight is 267 g/mol. The van der Waals surface area contributed by atoms with Crippen LogP contribution < -0.4 is 5.32 Å². The Morgan fingerprint density at radius 2 is 1.70 bits per heavy atom. The van der Waals surface area contributed by atoms with Gasteiger partial charge in [0.25, 0.3) is 0 Å². The Labute approximate surface area is 120 Å². The number of hydrogen-bond donors (Lipinski definition) is 1. The van der Waals surface area contributed by atoms with Gasteiger partial charge < -0.3 is 10.1 Å². The summed E-state index contributed by atoms with van der Waals surface area (Å²) < 4.78 is 5.78. The van der Waals surface area contributed by atoms with Crippen molar-refractivity contribution >= 4 is 0 Å². The van der Waals surface area contributed by atoms with Crippen molar-refractivity contribution < 1.29 is 4.74 Å². The van der Waals surface area contributed by atoms with Crippen LogP contribution in [0.2, 0.25) is 0 Å². The van der Waals surface area contributed by atoms with Crippen molar-refractivity contribution in [2.24, 2.45) is 0 Å². The number of nitrogens with one attached hydrogen (secondary N) is 1. The van der Waals surface area contributed by atoms with E-state index in [2.05, 4.69) is 61.6 Å². The van der Waals surface area contributed by atoms with Gasteiger partial charge in [0.2, 0.25) is 0 Å². The summed E-state index contributed by atoms with van der Waals surface area (Å²) in [6.45, 7) is 6.97. The maximum atomic E-state index is 5.78. The third-order valence-electron chi connectivity index (χ3n) is 4.05. The minimum absolute atomic E-state index is 0.192. The summed E-state index contributed by atoms with van der Waals surface area (Å²) in [5.74, 6) is 0. The van der Waals surface area contributed by atoms with Gasteiger partial charge in [0.1, 0.15) is 0 Å². The Balaban J connectivity index is 1.83. The van der Waals surface area contributed by atoms with Crippen LogP contribution in [0, 0.1) is 13.8 Å². The molecule has 2 aromatic carbocycles. The minimum atomic E-state index is 0.192. The predicted molar refractivity (Wildman–Crippen MR) is 82.9 cm³/mol. The van der Waals surface area contributed by atoms with Gasteiger partial charge in [-0.25, -0.2) is 0 Å². The van der Waals surface area contributed by atoms with E-state index < -0.39 is 0 Å². The molecule has 1 atom stereocenters. The Morgan fingerprint density at radius 1 is 0.950 bits per heavy atom. The number of morpholine rings is 1. The molecule has 1 fully saturated rings. The molecule has 0 aromatic heterocycles. The monoisotopic (exact) mass is 267 g/mol. The highest BCUT2D eigenvalue weighted by atomic mass is 16.5. The standard InChI is InChI=1S/C18H21NO/c1-13-3-4-17(11-14(13)2)15-5-7-16(8-6-15)18-12-19-9-10-20-18/h3-8,11,18-19H,9-10,12H2,1-2H3. The van der Waals surface area contributed by atoms with Crippen LogP contribution in [0.5, 0.6) is 0 Å². The Hall–Kier alpha value is -1.64. The Bertz CT molecular complexity index is 583. The zero-order valence-corrected chi connectivity index (χ0v) is 12.1. The second-order valence-corrected chi connectivity index (χ2v) is 5.48. The van der Waals surface area contributed by atoms with E-state index in [1.165, 1.54) is 27.8 Å². The largest absolute Gasteiger partial charge is 0.371 e. The van der Waals surface area contributed by atoms with Crippen molar-refractivity contribution in [1.82, 2.24) is 5.32 Å². The molecule has 2 nitrogen and oxygen atoms in total. The van der Waals surface area contributed by atoms with Crippen LogP contribution >= 0.6 is 0 Å². The minimum Gasteiger partial charge on any atom is -0.371 e. The third kappa shape index (κ3) is 2.77. The van der Waals surface area contributed by atoms with Gasteiger partial charge in [0, 0.05) is 13.1 Å². The smallest absolute Gasteiger partial charge is 0.0949 e. The molecular weight excluding hydrogens is 246 g/mol. The van der Waals surface area contributed by atoms with Gasteiger partial charge >= 0.3 is 0 Å². The van der Waals surface area contributed by atoms with Crippen LogP contribution in [0.4, 0.5) is 0 Å². The molecule has 1 aliphatic rings. The molecule has 1 N–H and O–H groups in total. The third-order valence-corrected chi connectivity index (χ3v) is 4.05. The summed E-state index contributed by atoms with van der Waals surface area (Å²) >= 11 is 0. The molecule has 3 rings (SSSR count). The first-order valence-corrected chi connectivity index (χ1v) is 7.24. The van der Waals surface area contributed by atoms with E-state index in [0.29, 0.717) is 0 Å². The van der Waals surface area contributed by atoms with E-state index in [1.807, 2.05) is 0 Å². The van der Waals surface area contributed by atoms with Crippen LogP contribution in [0.3, 0.4) is 0 Å². The van der Waals surface area contributed by atoms with Gasteiger partial charge in [0.15, 0.2) is 0 Å². The second kappa shape index (κ2) is 5.78. The fourth-order valence-electron chi connectivity index (χ4n) is 2.59. The number of rotatable bonds is 2. The molecule has 2 heteroatoms. The van der Waals surface area contributed by atoms with Crippen molar-refractivity contribution in [3.63, 3.8) is 0 Å². The van der Waals surface area contributed by atoms with Crippen molar-refractivity contribution in [2.45, 2.75) is 20.0 Å². The van der Waals surface area contributed by atoms with E-state index in [9.17, 15) is 0 Å². The molecule has 0 bridgehead atoms. The zero-order valence-electron chi connectivity index (χ0n) is 12.1. The highest BCUT2D eigenvalue weighted by Crippen LogP contribution is 2.25. The maximum Gasteiger partial charge on any atom is 0.0949 e. The van der Waals surface area contributed by atoms with Gasteiger partial charge in [-0.3, -0.25) is 0 Å². The lowest BCUT2D eigenvalue weighted by molar-refractivity contribution is 0.0277. The lowest BCUT2D eigenvalue weighted by Crippen LogP contribution is -2.33. The number of ether oxygens (including phenoxy) is 1. The molecule has 1 aliphatic heterocycles. The fraction of sp³-hybridized carbons (Fsp3) is 0.333. The molecule has 0 saturated carbocycles. The maximum absolute atomic E-state index is 5.78. The van der Waals surface area contributed by atoms with E-state index >= 15 is 0 Å². The molecular formula is C18H21NO. The van der Waals surface area contributed by atoms with Crippen LogP contribution in [0.25, 0.3) is 11.1 Å². The molecule has 0 amide bonds. The van der Waals surface area contributed by atoms with Crippen molar-refractivity contribution in [3.05, 3.63) is 59.2 Å². The zero-order chi connectivity index (χ0) is 13.9. The molecule has 0 spiro atoms. The SMILES string of the molecule is Cc1ccc(-c2ccc(C3CNCCO3)cc2)cc1C. The predicted octanol–water partition coefficient (Wildman–Crippen LogP) is 3.63. The van der Waals surface area contributed by atoms with E-state index in [0.717, 1.165) is 19.7 Å². The van der Waals surface area contributed by atoms with E-state index in [1.54, 1.807) is 0 Å². The molecule has 0 aliphatic carbocycles. The van der Waals surface area contributed by atoms with Gasteiger partial charge in [-0.1, -0.05) is 42.5 Å². The van der Waals surface area contributed by atoms with Crippen molar-refractivity contribution in [2.75, 3.05) is 19.7 Å². The molecule has 20 heavy (non-hydrogen) atoms. The van der Waals surface area contributed by atoms with Gasteiger partial charge in [0.05, 0.1) is 12.7 Å². The average Bonchev–Trinajstić information content (AvgIpc) is 2.51. The summed E-state index contributed by atoms with van der Waals surface area (Å²) in [5, 5.41) is 3.37. The summed E-state index contributed by atoms with van der Waals surface area (Å²) in [4.78, 5) is 0. The first kappa shape index (κ1) is 13.3. The quantitative estimate of drug-likeness (QED) is 0.897. The van der Waals surface area contributed by atoms with Gasteiger partial charge in [-0.15, -0.1) is 0 Å². The lowest BCUT2D eigenvalue weighted by atomic mass is 9.98. The molecule has 0 radical (unpaired) electrons. The van der Waals surface area contributed by atoms with E-state index in [4.69, 9.17) is 4.74 Å². The normalized spacial score (nSPS) is 19.0. The summed E-state index contributed by atoms with van der Waals surface area (Å²) in [7, 11) is 0. The highest BCUT2D eigenvalue weighted by Gasteiger charge is 2.15. The molecule has 1 unspecified atom stereocenters. The Morgan fingerprint density at radius 3 is 2.35 bits per heavy atom. The molecule has 104 valence electrons. The van der Waals surface area contributed by atoms with Gasteiger partial charge in [-0.05, 0) is 41.7 Å². The molecule has 1 heterocycles. The van der Waals surface area contributed by atoms with Crippen LogP contribution in [0.1, 0.15) is 22.8 Å². The highest BCUT2D eigenvalue weighted by molar-refractivity contribution is 5.65. The number of aryl methyl sites for hydroxylation is 2. The fourth-order valence-corrected chi connectivity index (χ4v) is 2.59. The summed E-state index contributed by atoms with van der Waals surface area (Å²) in [5.41, 5.74) is 6.48. The number of hydrogen-bond acceptors (Lipinski definition) is 2. The first-order chi connectivity index (χ1) is 9.74. The van der Waals surface area contributed by atoms with Crippen LogP contribution in [-0.4, -0.2) is 19.7 Å².